The van der Waals surface area contributed by atoms with Crippen molar-refractivity contribution in [3.8, 4) is 5.75 Å². The normalized spacial score (nSPS) is 10.4. The number of hydrazone groups is 1. The monoisotopic (exact) mass is 317 g/mol. The quantitative estimate of drug-likeness (QED) is 0.460. The van der Waals surface area contributed by atoms with Crippen molar-refractivity contribution in [1.82, 2.24) is 5.43 Å². The van der Waals surface area contributed by atoms with E-state index in [1.54, 1.807) is 30.3 Å². The van der Waals surface area contributed by atoms with Crippen molar-refractivity contribution < 1.29 is 14.7 Å². The Balaban J connectivity index is 1.89. The van der Waals surface area contributed by atoms with Crippen LogP contribution in [-0.2, 0) is 9.59 Å². The van der Waals surface area contributed by atoms with Gasteiger partial charge in [-0.05, 0) is 48.0 Å². The lowest BCUT2D eigenvalue weighted by Gasteiger charge is -2.03. The number of rotatable bonds is 3. The number of hydrogen-bond donors (Lipinski definition) is 3. The Morgan fingerprint density at radius 3 is 2.50 bits per heavy atom. The second-order valence-electron chi connectivity index (χ2n) is 4.26. The predicted octanol–water partition coefficient (Wildman–Crippen LogP) is 2.13. The maximum Gasteiger partial charge on any atom is 0.329 e. The van der Waals surface area contributed by atoms with Crippen LogP contribution in [0.4, 0.5) is 5.69 Å². The molecule has 0 aliphatic carbocycles. The molecule has 2 aromatic carbocycles. The van der Waals surface area contributed by atoms with Crippen LogP contribution in [0.3, 0.4) is 0 Å². The van der Waals surface area contributed by atoms with Crippen LogP contribution in [0, 0.1) is 0 Å². The number of halogens is 1. The van der Waals surface area contributed by atoms with Crippen molar-refractivity contribution in [2.75, 3.05) is 5.32 Å². The molecule has 22 heavy (non-hydrogen) atoms. The number of anilines is 1. The van der Waals surface area contributed by atoms with Gasteiger partial charge < -0.3 is 10.4 Å². The average molecular weight is 318 g/mol. The van der Waals surface area contributed by atoms with E-state index in [0.717, 1.165) is 0 Å². The van der Waals surface area contributed by atoms with Gasteiger partial charge >= 0.3 is 11.8 Å². The van der Waals surface area contributed by atoms with Gasteiger partial charge in [-0.25, -0.2) is 5.43 Å². The minimum Gasteiger partial charge on any atom is -0.508 e. The standard InChI is InChI=1S/C15H12ClN3O3/c16-11-2-1-3-12(8-11)18-14(21)15(22)19-17-9-10-4-6-13(20)7-5-10/h1-9,20H,(H,18,21)(H,19,22)/b17-9+. The van der Waals surface area contributed by atoms with E-state index in [1.807, 2.05) is 0 Å². The molecule has 0 unspecified atom stereocenters. The van der Waals surface area contributed by atoms with Crippen LogP contribution >= 0.6 is 11.6 Å². The second kappa shape index (κ2) is 7.24. The first-order chi connectivity index (χ1) is 10.5. The minimum absolute atomic E-state index is 0.127. The predicted molar refractivity (Wildman–Crippen MR) is 83.9 cm³/mol. The molecule has 0 heterocycles. The zero-order valence-corrected chi connectivity index (χ0v) is 12.0. The van der Waals surface area contributed by atoms with Gasteiger partial charge in [-0.2, -0.15) is 5.10 Å². The molecule has 0 spiro atoms. The number of carbonyl (C=O) groups excluding carboxylic acids is 2. The Labute approximate surface area is 131 Å². The Bertz CT molecular complexity index is 714. The first-order valence-corrected chi connectivity index (χ1v) is 6.61. The molecule has 7 heteroatoms. The summed E-state index contributed by atoms with van der Waals surface area (Å²) in [6.07, 6.45) is 1.35. The van der Waals surface area contributed by atoms with E-state index in [0.29, 0.717) is 16.3 Å². The van der Waals surface area contributed by atoms with Crippen molar-refractivity contribution in [1.29, 1.82) is 0 Å². The van der Waals surface area contributed by atoms with Crippen molar-refractivity contribution in [3.05, 3.63) is 59.1 Å². The van der Waals surface area contributed by atoms with Crippen LogP contribution in [0.1, 0.15) is 5.56 Å². The molecule has 0 atom stereocenters. The zero-order valence-electron chi connectivity index (χ0n) is 11.3. The minimum atomic E-state index is -0.907. The topological polar surface area (TPSA) is 90.8 Å². The lowest BCUT2D eigenvalue weighted by atomic mass is 10.2. The molecule has 0 aliphatic rings. The number of amides is 2. The van der Waals surface area contributed by atoms with Crippen LogP contribution in [-0.4, -0.2) is 23.1 Å². The van der Waals surface area contributed by atoms with Gasteiger partial charge in [0.2, 0.25) is 0 Å². The number of nitrogens with zero attached hydrogens (tertiary/aromatic N) is 1. The van der Waals surface area contributed by atoms with Crippen LogP contribution < -0.4 is 10.7 Å². The summed E-state index contributed by atoms with van der Waals surface area (Å²) in [6.45, 7) is 0. The average Bonchev–Trinajstić information content (AvgIpc) is 2.49. The Morgan fingerprint density at radius 2 is 1.82 bits per heavy atom. The summed E-state index contributed by atoms with van der Waals surface area (Å²) in [5.74, 6) is -1.64. The molecule has 2 aromatic rings. The molecule has 0 saturated carbocycles. The van der Waals surface area contributed by atoms with E-state index >= 15 is 0 Å². The summed E-state index contributed by atoms with van der Waals surface area (Å²) in [6, 6.07) is 12.6. The van der Waals surface area contributed by atoms with Crippen LogP contribution in [0.5, 0.6) is 5.75 Å². The molecule has 2 amide bonds. The SMILES string of the molecule is O=C(N/N=C/c1ccc(O)cc1)C(=O)Nc1cccc(Cl)c1. The van der Waals surface area contributed by atoms with E-state index < -0.39 is 11.8 Å². The molecule has 0 aromatic heterocycles. The molecule has 3 N–H and O–H groups in total. The summed E-state index contributed by atoms with van der Waals surface area (Å²) in [7, 11) is 0. The Morgan fingerprint density at radius 1 is 1.09 bits per heavy atom. The van der Waals surface area contributed by atoms with Gasteiger partial charge in [0.05, 0.1) is 6.21 Å². The van der Waals surface area contributed by atoms with Crippen molar-refractivity contribution in [3.63, 3.8) is 0 Å². The molecule has 112 valence electrons. The lowest BCUT2D eigenvalue weighted by Crippen LogP contribution is -2.32. The zero-order chi connectivity index (χ0) is 15.9. The summed E-state index contributed by atoms with van der Waals surface area (Å²) >= 11 is 5.78. The molecule has 0 radical (unpaired) electrons. The van der Waals surface area contributed by atoms with Gasteiger partial charge in [-0.15, -0.1) is 0 Å². The van der Waals surface area contributed by atoms with Crippen molar-refractivity contribution in [2.24, 2.45) is 5.10 Å². The number of carbonyl (C=O) groups is 2. The van der Waals surface area contributed by atoms with E-state index in [-0.39, 0.29) is 5.75 Å². The maximum absolute atomic E-state index is 11.6. The van der Waals surface area contributed by atoms with Gasteiger partial charge in [0.15, 0.2) is 0 Å². The number of nitrogens with one attached hydrogen (secondary N) is 2. The van der Waals surface area contributed by atoms with Crippen LogP contribution in [0.25, 0.3) is 0 Å². The summed E-state index contributed by atoms with van der Waals surface area (Å²) < 4.78 is 0. The van der Waals surface area contributed by atoms with Gasteiger partial charge in [-0.1, -0.05) is 17.7 Å². The highest BCUT2D eigenvalue weighted by molar-refractivity contribution is 6.39. The molecule has 0 aliphatic heterocycles. The Hall–Kier alpha value is -2.86. The third-order valence-electron chi connectivity index (χ3n) is 2.56. The summed E-state index contributed by atoms with van der Waals surface area (Å²) in [5, 5.41) is 15.6. The van der Waals surface area contributed by atoms with Gasteiger partial charge in [0, 0.05) is 10.7 Å². The summed E-state index contributed by atoms with van der Waals surface area (Å²) in [5.41, 5.74) is 3.18. The number of aromatic hydroxyl groups is 1. The lowest BCUT2D eigenvalue weighted by molar-refractivity contribution is -0.136. The van der Waals surface area contributed by atoms with Crippen molar-refractivity contribution >= 4 is 35.3 Å². The molecule has 0 saturated heterocycles. The van der Waals surface area contributed by atoms with E-state index in [1.165, 1.54) is 24.4 Å². The Kier molecular flexibility index (Phi) is 5.11. The molecule has 0 bridgehead atoms. The van der Waals surface area contributed by atoms with E-state index in [2.05, 4.69) is 15.8 Å². The number of phenolic OH excluding ortho intramolecular Hbond substituents is 1. The third kappa shape index (κ3) is 4.60. The molecule has 0 fully saturated rings. The molecular weight excluding hydrogens is 306 g/mol. The first-order valence-electron chi connectivity index (χ1n) is 6.23. The van der Waals surface area contributed by atoms with Gasteiger partial charge in [0.25, 0.3) is 0 Å². The number of phenols is 1. The number of benzene rings is 2. The fourth-order valence-corrected chi connectivity index (χ4v) is 1.72. The molecule has 6 nitrogen and oxygen atoms in total. The molecule has 2 rings (SSSR count). The fourth-order valence-electron chi connectivity index (χ4n) is 1.53. The highest BCUT2D eigenvalue weighted by Crippen LogP contribution is 2.14. The fraction of sp³-hybridized carbons (Fsp3) is 0. The van der Waals surface area contributed by atoms with E-state index in [4.69, 9.17) is 16.7 Å². The summed E-state index contributed by atoms with van der Waals surface area (Å²) in [4.78, 5) is 23.2. The third-order valence-corrected chi connectivity index (χ3v) is 2.80. The second-order valence-corrected chi connectivity index (χ2v) is 4.69. The van der Waals surface area contributed by atoms with Gasteiger partial charge in [0.1, 0.15) is 5.75 Å². The van der Waals surface area contributed by atoms with Crippen molar-refractivity contribution in [2.45, 2.75) is 0 Å². The smallest absolute Gasteiger partial charge is 0.329 e. The first kappa shape index (κ1) is 15.5. The number of hydrogen-bond acceptors (Lipinski definition) is 4. The van der Waals surface area contributed by atoms with Gasteiger partial charge in [-0.3, -0.25) is 9.59 Å². The largest absolute Gasteiger partial charge is 0.508 e. The maximum atomic E-state index is 11.6. The van der Waals surface area contributed by atoms with Crippen LogP contribution in [0.2, 0.25) is 5.02 Å². The van der Waals surface area contributed by atoms with Crippen LogP contribution in [0.15, 0.2) is 53.6 Å². The molecular formula is C15H12ClN3O3. The van der Waals surface area contributed by atoms with E-state index in [9.17, 15) is 9.59 Å². The highest BCUT2D eigenvalue weighted by atomic mass is 35.5. The highest BCUT2D eigenvalue weighted by Gasteiger charge is 2.12.